The average molecular weight is 377 g/mol. The molecule has 1 heterocycles. The zero-order valence-electron chi connectivity index (χ0n) is 16.4. The van der Waals surface area contributed by atoms with Crippen LogP contribution in [0.4, 0.5) is 0 Å². The van der Waals surface area contributed by atoms with E-state index >= 15 is 0 Å². The monoisotopic (exact) mass is 377 g/mol. The van der Waals surface area contributed by atoms with Crippen LogP contribution in [0, 0.1) is 20.8 Å². The number of hydrogen-bond donors (Lipinski definition) is 2. The molecule has 3 aromatic rings. The lowest BCUT2D eigenvalue weighted by Crippen LogP contribution is -2.33. The van der Waals surface area contributed by atoms with Gasteiger partial charge < -0.3 is 5.11 Å². The Kier molecular flexibility index (Phi) is 5.31. The van der Waals surface area contributed by atoms with Gasteiger partial charge in [-0.2, -0.15) is 0 Å². The molecule has 0 unspecified atom stereocenters. The average Bonchev–Trinajstić information content (AvgIpc) is 2.61. The summed E-state index contributed by atoms with van der Waals surface area (Å²) < 4.78 is 1.11. The Balaban J connectivity index is 2.10. The van der Waals surface area contributed by atoms with Gasteiger partial charge in [-0.3, -0.25) is 14.8 Å². The van der Waals surface area contributed by atoms with Crippen LogP contribution >= 0.6 is 0 Å². The number of aryl methyl sites for hydroxylation is 3. The summed E-state index contributed by atoms with van der Waals surface area (Å²) in [5.74, 6) is -0.411. The van der Waals surface area contributed by atoms with E-state index in [1.165, 1.54) is 0 Å². The highest BCUT2D eigenvalue weighted by Gasteiger charge is 2.18. The Hall–Kier alpha value is -3.41. The first-order valence-corrected chi connectivity index (χ1v) is 9.01. The Bertz CT molecular complexity index is 1190. The van der Waals surface area contributed by atoms with Crippen molar-refractivity contribution < 1.29 is 5.11 Å². The van der Waals surface area contributed by atoms with E-state index in [1.54, 1.807) is 13.0 Å². The highest BCUT2D eigenvalue weighted by Crippen LogP contribution is 2.21. The topological polar surface area (TPSA) is 87.4 Å². The molecular weight excluding hydrogens is 354 g/mol. The first kappa shape index (κ1) is 19.4. The van der Waals surface area contributed by atoms with Crippen LogP contribution in [0.2, 0.25) is 0 Å². The van der Waals surface area contributed by atoms with Crippen molar-refractivity contribution in [3.63, 3.8) is 0 Å². The molecule has 3 rings (SSSR count). The second-order valence-corrected chi connectivity index (χ2v) is 6.97. The molecule has 0 radical (unpaired) electrons. The summed E-state index contributed by atoms with van der Waals surface area (Å²) in [5.41, 5.74) is 3.48. The van der Waals surface area contributed by atoms with Crippen LogP contribution in [0.3, 0.4) is 0 Å². The number of benzene rings is 2. The number of hydrogen-bond acceptors (Lipinski definition) is 4. The van der Waals surface area contributed by atoms with Gasteiger partial charge in [-0.15, -0.1) is 0 Å². The van der Waals surface area contributed by atoms with Crippen LogP contribution in [0.15, 0.2) is 57.0 Å². The van der Waals surface area contributed by atoms with E-state index in [2.05, 4.69) is 9.98 Å². The molecule has 0 atom stereocenters. The minimum atomic E-state index is -0.690. The lowest BCUT2D eigenvalue weighted by molar-refractivity contribution is 0.429. The number of aliphatic imine (C=N–C) groups is 1. The van der Waals surface area contributed by atoms with E-state index in [1.807, 2.05) is 57.2 Å². The summed E-state index contributed by atoms with van der Waals surface area (Å²) in [5, 5.41) is 10.8. The second-order valence-electron chi connectivity index (χ2n) is 6.97. The van der Waals surface area contributed by atoms with E-state index < -0.39 is 17.1 Å². The third-order valence-electron chi connectivity index (χ3n) is 4.62. The molecule has 144 valence electrons. The van der Waals surface area contributed by atoms with Crippen molar-refractivity contribution in [3.8, 4) is 11.6 Å². The number of aromatic amines is 1. The molecule has 2 aromatic carbocycles. The minimum absolute atomic E-state index is 0.00720. The molecule has 0 amide bonds. The Morgan fingerprint density at radius 3 is 2.46 bits per heavy atom. The van der Waals surface area contributed by atoms with Crippen molar-refractivity contribution >= 4 is 5.71 Å². The van der Waals surface area contributed by atoms with Gasteiger partial charge in [0.1, 0.15) is 5.56 Å². The highest BCUT2D eigenvalue weighted by atomic mass is 16.3. The van der Waals surface area contributed by atoms with E-state index in [0.717, 1.165) is 26.8 Å². The summed E-state index contributed by atoms with van der Waals surface area (Å²) in [6.45, 7) is 7.81. The smallest absolute Gasteiger partial charge is 0.335 e. The van der Waals surface area contributed by atoms with Crippen molar-refractivity contribution in [2.24, 2.45) is 4.99 Å². The van der Waals surface area contributed by atoms with Crippen molar-refractivity contribution in [1.82, 2.24) is 9.55 Å². The van der Waals surface area contributed by atoms with Gasteiger partial charge in [-0.05, 0) is 44.9 Å². The molecule has 0 spiro atoms. The second kappa shape index (κ2) is 7.68. The number of nitrogens with zero attached hydrogens (tertiary/aromatic N) is 2. The van der Waals surface area contributed by atoms with Gasteiger partial charge in [0.15, 0.2) is 0 Å². The molecule has 0 aliphatic rings. The molecule has 2 N–H and O–H groups in total. The molecule has 6 nitrogen and oxygen atoms in total. The third kappa shape index (κ3) is 3.81. The van der Waals surface area contributed by atoms with E-state index in [0.29, 0.717) is 17.9 Å². The van der Waals surface area contributed by atoms with Gasteiger partial charge in [-0.25, -0.2) is 9.36 Å². The van der Waals surface area contributed by atoms with Crippen LogP contribution in [-0.2, 0) is 6.54 Å². The SMILES string of the molecule is CC(=NCc1cccc(C)c1)c1c(O)n(-c2ccc(C)cc2C)c(=O)[nH]c1=O. The molecule has 0 fully saturated rings. The number of rotatable bonds is 4. The Morgan fingerprint density at radius 1 is 1.07 bits per heavy atom. The fourth-order valence-electron chi connectivity index (χ4n) is 3.23. The van der Waals surface area contributed by atoms with Crippen LogP contribution in [0.1, 0.15) is 34.7 Å². The summed E-state index contributed by atoms with van der Waals surface area (Å²) in [6.07, 6.45) is 0. The number of aromatic hydroxyl groups is 1. The van der Waals surface area contributed by atoms with Crippen molar-refractivity contribution in [1.29, 1.82) is 0 Å². The van der Waals surface area contributed by atoms with Gasteiger partial charge in [0, 0.05) is 0 Å². The van der Waals surface area contributed by atoms with Crippen molar-refractivity contribution in [2.45, 2.75) is 34.2 Å². The molecule has 0 bridgehead atoms. The highest BCUT2D eigenvalue weighted by molar-refractivity contribution is 6.00. The maximum atomic E-state index is 12.4. The van der Waals surface area contributed by atoms with E-state index in [-0.39, 0.29) is 5.56 Å². The molecule has 0 saturated carbocycles. The number of H-pyrrole nitrogens is 1. The number of nitrogens with one attached hydrogen (secondary N) is 1. The fourth-order valence-corrected chi connectivity index (χ4v) is 3.23. The predicted molar refractivity (Wildman–Crippen MR) is 111 cm³/mol. The summed E-state index contributed by atoms with van der Waals surface area (Å²) in [7, 11) is 0. The molecule has 0 aliphatic carbocycles. The van der Waals surface area contributed by atoms with Gasteiger partial charge in [0.2, 0.25) is 5.88 Å². The fraction of sp³-hybridized carbons (Fsp3) is 0.227. The largest absolute Gasteiger partial charge is 0.493 e. The van der Waals surface area contributed by atoms with E-state index in [9.17, 15) is 14.7 Å². The molecular formula is C22H23N3O3. The Labute approximate surface area is 162 Å². The maximum Gasteiger partial charge on any atom is 0.335 e. The molecule has 28 heavy (non-hydrogen) atoms. The quantitative estimate of drug-likeness (QED) is 0.685. The lowest BCUT2D eigenvalue weighted by atomic mass is 10.1. The van der Waals surface area contributed by atoms with Crippen LogP contribution < -0.4 is 11.2 Å². The van der Waals surface area contributed by atoms with Crippen molar-refractivity contribution in [2.75, 3.05) is 0 Å². The van der Waals surface area contributed by atoms with Gasteiger partial charge in [-0.1, -0.05) is 47.5 Å². The maximum absolute atomic E-state index is 12.4. The normalized spacial score (nSPS) is 11.6. The minimum Gasteiger partial charge on any atom is -0.493 e. The van der Waals surface area contributed by atoms with Crippen LogP contribution in [0.25, 0.3) is 5.69 Å². The molecule has 6 heteroatoms. The Morgan fingerprint density at radius 2 is 1.79 bits per heavy atom. The van der Waals surface area contributed by atoms with Crippen LogP contribution in [-0.4, -0.2) is 20.4 Å². The zero-order valence-corrected chi connectivity index (χ0v) is 16.4. The number of aromatic nitrogens is 2. The first-order valence-electron chi connectivity index (χ1n) is 9.01. The van der Waals surface area contributed by atoms with Gasteiger partial charge in [0.25, 0.3) is 5.56 Å². The van der Waals surface area contributed by atoms with Gasteiger partial charge >= 0.3 is 5.69 Å². The molecule has 0 saturated heterocycles. The molecule has 1 aromatic heterocycles. The van der Waals surface area contributed by atoms with Gasteiger partial charge in [0.05, 0.1) is 17.9 Å². The van der Waals surface area contributed by atoms with Crippen LogP contribution in [0.5, 0.6) is 5.88 Å². The summed E-state index contributed by atoms with van der Waals surface area (Å²) >= 11 is 0. The summed E-state index contributed by atoms with van der Waals surface area (Å²) in [4.78, 5) is 31.5. The third-order valence-corrected chi connectivity index (χ3v) is 4.62. The van der Waals surface area contributed by atoms with E-state index in [4.69, 9.17) is 0 Å². The van der Waals surface area contributed by atoms with Crippen molar-refractivity contribution in [3.05, 3.63) is 91.1 Å². The molecule has 0 aliphatic heterocycles. The lowest BCUT2D eigenvalue weighted by Gasteiger charge is -2.14. The predicted octanol–water partition coefficient (Wildman–Crippen LogP) is 3.17. The summed E-state index contributed by atoms with van der Waals surface area (Å²) in [6, 6.07) is 13.4. The first-order chi connectivity index (χ1) is 13.3. The zero-order chi connectivity index (χ0) is 20.4. The standard InChI is InChI=1S/C22H23N3O3/c1-13-6-5-7-17(11-13)12-23-16(4)19-20(26)24-22(28)25(21(19)27)18-9-8-14(2)10-15(18)3/h5-11,27H,12H2,1-4H3,(H,24,26,28).